The molecule has 2 heterocycles. The summed E-state index contributed by atoms with van der Waals surface area (Å²) in [7, 11) is 0. The molecule has 2 aromatic heterocycles. The Labute approximate surface area is 299 Å². The van der Waals surface area contributed by atoms with Gasteiger partial charge in [0.15, 0.2) is 10.7 Å². The molecule has 2 fully saturated rings. The highest BCUT2D eigenvalue weighted by Gasteiger charge is 2.59. The van der Waals surface area contributed by atoms with Gasteiger partial charge in [0.2, 0.25) is 21.7 Å². The number of allylic oxidation sites excluding steroid dienone is 3. The normalized spacial score (nSPS) is 19.6. The van der Waals surface area contributed by atoms with Gasteiger partial charge in [-0.2, -0.15) is 0 Å². The van der Waals surface area contributed by atoms with Gasteiger partial charge in [-0.05, 0) is 65.7 Å². The Balaban J connectivity index is 1.10. The number of benzene rings is 2. The standard InChI is InChI=1S/C43H32N2O4S2/c46-36-23-11-3-4-12-24(23)37(47)34(36)44-22-19-27-29(20-22)50-41-31(27)43(17-9-2-10-18-43)32-33(41)42(15-7-1-8-16-42)28-21-30(51-40(28)32)45-35-38(48)25-13-5-6-14-26(25)39(35)49/h3-6,11-14,20-21H,1-2,7-10,15-19H2. The van der Waals surface area contributed by atoms with Crippen LogP contribution in [-0.4, -0.2) is 0 Å². The van der Waals surface area contributed by atoms with Crippen LogP contribution in [-0.2, 0) is 17.3 Å². The predicted octanol–water partition coefficient (Wildman–Crippen LogP) is 7.38. The molecule has 250 valence electrons. The van der Waals surface area contributed by atoms with Gasteiger partial charge >= 0.3 is 0 Å². The van der Waals surface area contributed by atoms with Crippen LogP contribution < -0.4 is 32.4 Å². The van der Waals surface area contributed by atoms with Crippen molar-refractivity contribution < 1.29 is 0 Å². The summed E-state index contributed by atoms with van der Waals surface area (Å²) < 4.78 is 0. The van der Waals surface area contributed by atoms with E-state index in [2.05, 4.69) is 12.1 Å². The molecule has 0 unspecified atom stereocenters. The summed E-state index contributed by atoms with van der Waals surface area (Å²) in [6.07, 6.45) is 14.2. The molecule has 11 rings (SSSR count). The van der Waals surface area contributed by atoms with Crippen LogP contribution in [0.15, 0.2) is 89.5 Å². The molecule has 0 radical (unpaired) electrons. The third-order valence-corrected chi connectivity index (χ3v) is 14.9. The molecule has 4 aromatic carbocycles. The van der Waals surface area contributed by atoms with Crippen molar-refractivity contribution in [2.75, 3.05) is 0 Å². The first-order valence-corrected chi connectivity index (χ1v) is 19.8. The molecular formula is C43H32N2O4S2. The first-order chi connectivity index (χ1) is 24.9. The maximum Gasteiger partial charge on any atom is 0.216 e. The summed E-state index contributed by atoms with van der Waals surface area (Å²) in [4.78, 5) is 66.8. The second-order valence-corrected chi connectivity index (χ2v) is 17.2. The van der Waals surface area contributed by atoms with Gasteiger partial charge < -0.3 is 0 Å². The molecule has 5 aliphatic rings. The highest BCUT2D eigenvalue weighted by atomic mass is 32.1. The molecule has 51 heavy (non-hydrogen) atoms. The van der Waals surface area contributed by atoms with Gasteiger partial charge in [0.05, 0.1) is 0 Å². The van der Waals surface area contributed by atoms with E-state index in [1.807, 2.05) is 11.3 Å². The predicted molar refractivity (Wildman–Crippen MR) is 205 cm³/mol. The first-order valence-electron chi connectivity index (χ1n) is 18.2. The first kappa shape index (κ1) is 30.0. The summed E-state index contributed by atoms with van der Waals surface area (Å²) in [5, 5.41) is 2.58. The topological polar surface area (TPSA) is 93.0 Å². The zero-order valence-corrected chi connectivity index (χ0v) is 29.5. The Morgan fingerprint density at radius 2 is 1.08 bits per heavy atom. The lowest BCUT2D eigenvalue weighted by atomic mass is 9.66. The SMILES string of the molecule is O=c1c(=NC2=Cc3sc4c(c3C2)C2(CCCCC2)C2=C4C3(CCCCC3)c3cc(N=c4c(=O)c5ccccc5c4=O)sc32)c(=O)c2ccccc12. The molecule has 0 amide bonds. The van der Waals surface area contributed by atoms with E-state index in [1.165, 1.54) is 68.2 Å². The van der Waals surface area contributed by atoms with Crippen LogP contribution in [0.5, 0.6) is 0 Å². The minimum atomic E-state index is -0.282. The zero-order valence-electron chi connectivity index (χ0n) is 27.9. The lowest BCUT2D eigenvalue weighted by Crippen LogP contribution is -2.31. The van der Waals surface area contributed by atoms with Gasteiger partial charge in [-0.15, -0.1) is 22.7 Å². The number of hydrogen-bond donors (Lipinski definition) is 0. The summed E-state index contributed by atoms with van der Waals surface area (Å²) in [5.41, 5.74) is 6.63. The molecule has 0 saturated heterocycles. The molecule has 2 spiro atoms. The van der Waals surface area contributed by atoms with Crippen molar-refractivity contribution >= 4 is 66.4 Å². The summed E-state index contributed by atoms with van der Waals surface area (Å²) >= 11 is 3.56. The molecule has 6 aromatic rings. The van der Waals surface area contributed by atoms with Crippen molar-refractivity contribution in [3.05, 3.63) is 143 Å². The third-order valence-electron chi connectivity index (χ3n) is 12.7. The summed E-state index contributed by atoms with van der Waals surface area (Å²) in [5.74, 6) is 0. The minimum Gasteiger partial charge on any atom is -0.287 e. The molecule has 0 bridgehead atoms. The molecule has 6 nitrogen and oxygen atoms in total. The number of rotatable bonds is 2. The van der Waals surface area contributed by atoms with Crippen molar-refractivity contribution in [2.45, 2.75) is 81.5 Å². The summed E-state index contributed by atoms with van der Waals surface area (Å²) in [6.45, 7) is 0. The number of hydrogen-bond acceptors (Lipinski definition) is 8. The van der Waals surface area contributed by atoms with Gasteiger partial charge in [-0.3, -0.25) is 19.2 Å². The van der Waals surface area contributed by atoms with E-state index in [0.29, 0.717) is 28.0 Å². The molecular weight excluding hydrogens is 673 g/mol. The van der Waals surface area contributed by atoms with Crippen molar-refractivity contribution in [2.24, 2.45) is 9.98 Å². The van der Waals surface area contributed by atoms with Crippen LogP contribution in [0.2, 0.25) is 0 Å². The number of thiophene rings is 2. The highest BCUT2D eigenvalue weighted by molar-refractivity contribution is 7.18. The van der Waals surface area contributed by atoms with E-state index in [1.54, 1.807) is 59.9 Å². The maximum atomic E-state index is 13.4. The fourth-order valence-corrected chi connectivity index (χ4v) is 13.4. The van der Waals surface area contributed by atoms with Crippen molar-refractivity contribution in [1.29, 1.82) is 0 Å². The Bertz CT molecular complexity index is 2840. The van der Waals surface area contributed by atoms with E-state index in [-0.39, 0.29) is 43.3 Å². The second kappa shape index (κ2) is 10.5. The maximum absolute atomic E-state index is 13.4. The van der Waals surface area contributed by atoms with E-state index in [4.69, 9.17) is 9.98 Å². The van der Waals surface area contributed by atoms with E-state index in [0.717, 1.165) is 49.2 Å². The van der Waals surface area contributed by atoms with E-state index < -0.39 is 0 Å². The molecule has 0 aliphatic heterocycles. The zero-order chi connectivity index (χ0) is 34.2. The smallest absolute Gasteiger partial charge is 0.216 e. The van der Waals surface area contributed by atoms with Gasteiger partial charge in [0.25, 0.3) is 0 Å². The Morgan fingerprint density at radius 1 is 0.569 bits per heavy atom. The Morgan fingerprint density at radius 3 is 1.65 bits per heavy atom. The minimum absolute atomic E-state index is 0.0290. The average molecular weight is 705 g/mol. The fraction of sp³-hybridized carbons (Fsp3) is 0.302. The van der Waals surface area contributed by atoms with Crippen LogP contribution in [0, 0.1) is 0 Å². The lowest BCUT2D eigenvalue weighted by molar-refractivity contribution is 0.372. The van der Waals surface area contributed by atoms with Gasteiger partial charge in [0, 0.05) is 59.1 Å². The second-order valence-electron chi connectivity index (χ2n) is 15.2. The molecule has 8 heteroatoms. The van der Waals surface area contributed by atoms with E-state index in [9.17, 15) is 19.2 Å². The highest BCUT2D eigenvalue weighted by Crippen LogP contribution is 2.72. The molecule has 2 saturated carbocycles. The third kappa shape index (κ3) is 3.82. The molecule has 5 aliphatic carbocycles. The van der Waals surface area contributed by atoms with Crippen LogP contribution in [0.4, 0.5) is 5.00 Å². The van der Waals surface area contributed by atoms with E-state index >= 15 is 0 Å². The summed E-state index contributed by atoms with van der Waals surface area (Å²) in [6, 6.07) is 16.3. The monoisotopic (exact) mass is 704 g/mol. The molecule has 0 atom stereocenters. The van der Waals surface area contributed by atoms with Crippen LogP contribution >= 0.6 is 22.7 Å². The average Bonchev–Trinajstić information content (AvgIpc) is 4.00. The van der Waals surface area contributed by atoms with Crippen molar-refractivity contribution in [3.63, 3.8) is 0 Å². The molecule has 0 N–H and O–H groups in total. The number of nitrogens with zero attached hydrogens (tertiary/aromatic N) is 2. The van der Waals surface area contributed by atoms with Crippen molar-refractivity contribution in [1.82, 2.24) is 0 Å². The Kier molecular flexibility index (Phi) is 6.15. The fourth-order valence-electron chi connectivity index (χ4n) is 10.5. The largest absolute Gasteiger partial charge is 0.287 e. The number of fused-ring (bicyclic) bond motifs is 12. The van der Waals surface area contributed by atoms with Gasteiger partial charge in [-0.25, -0.2) is 9.98 Å². The quantitative estimate of drug-likeness (QED) is 0.188. The Hall–Kier alpha value is -4.66. The van der Waals surface area contributed by atoms with Gasteiger partial charge in [0.1, 0.15) is 5.00 Å². The van der Waals surface area contributed by atoms with Crippen molar-refractivity contribution in [3.8, 4) is 0 Å². The van der Waals surface area contributed by atoms with Gasteiger partial charge in [-0.1, -0.05) is 87.1 Å². The van der Waals surface area contributed by atoms with Crippen LogP contribution in [0.25, 0.3) is 38.8 Å². The lowest BCUT2D eigenvalue weighted by Gasteiger charge is -2.37. The van der Waals surface area contributed by atoms with Crippen LogP contribution in [0.3, 0.4) is 0 Å². The van der Waals surface area contributed by atoms with Crippen LogP contribution in [0.1, 0.15) is 95.5 Å².